The number of hydrogen-bond donors (Lipinski definition) is 1. The first-order chi connectivity index (χ1) is 6.79. The highest BCUT2D eigenvalue weighted by Crippen LogP contribution is 2.39. The predicted octanol–water partition coefficient (Wildman–Crippen LogP) is 3.47. The lowest BCUT2D eigenvalue weighted by atomic mass is 9.95. The van der Waals surface area contributed by atoms with Gasteiger partial charge in [0.2, 0.25) is 0 Å². The Kier molecular flexibility index (Phi) is 2.71. The van der Waals surface area contributed by atoms with E-state index in [1.54, 1.807) is 12.1 Å². The van der Waals surface area contributed by atoms with Crippen molar-refractivity contribution in [2.75, 3.05) is 5.73 Å². The van der Waals surface area contributed by atoms with Gasteiger partial charge in [-0.3, -0.25) is 0 Å². The Morgan fingerprint density at radius 3 is 2.50 bits per heavy atom. The minimum atomic E-state index is -0.862. The highest BCUT2D eigenvalue weighted by Gasteiger charge is 2.26. The van der Waals surface area contributed by atoms with Crippen LogP contribution >= 0.6 is 0 Å². The molecule has 0 heterocycles. The first-order valence-corrected chi connectivity index (χ1v) is 5.27. The summed E-state index contributed by atoms with van der Waals surface area (Å²) in [5.41, 5.74) is 7.02. The molecule has 2 N–H and O–H groups in total. The summed E-state index contributed by atoms with van der Waals surface area (Å²) in [6, 6.07) is 7.28. The molecule has 0 aliphatic heterocycles. The maximum atomic E-state index is 14.0. The molecule has 0 bridgehead atoms. The number of hydrogen-bond acceptors (Lipinski definition) is 1. The summed E-state index contributed by atoms with van der Waals surface area (Å²) < 4.78 is 14.0. The van der Waals surface area contributed by atoms with Gasteiger partial charge in [0.25, 0.3) is 0 Å². The third kappa shape index (κ3) is 1.74. The van der Waals surface area contributed by atoms with Crippen LogP contribution in [0.5, 0.6) is 0 Å². The van der Waals surface area contributed by atoms with E-state index in [0.717, 1.165) is 25.7 Å². The van der Waals surface area contributed by atoms with Crippen LogP contribution in [-0.2, 0) is 0 Å². The largest absolute Gasteiger partial charge is 0.398 e. The fourth-order valence-corrected chi connectivity index (χ4v) is 2.27. The quantitative estimate of drug-likeness (QED) is 0.715. The van der Waals surface area contributed by atoms with Crippen LogP contribution in [0.3, 0.4) is 0 Å². The van der Waals surface area contributed by atoms with Gasteiger partial charge in [0.1, 0.15) is 6.17 Å². The lowest BCUT2D eigenvalue weighted by Crippen LogP contribution is -2.06. The first-order valence-electron chi connectivity index (χ1n) is 5.27. The lowest BCUT2D eigenvalue weighted by molar-refractivity contribution is 0.236. The van der Waals surface area contributed by atoms with Gasteiger partial charge >= 0.3 is 0 Å². The van der Waals surface area contributed by atoms with Gasteiger partial charge in [0.15, 0.2) is 0 Å². The van der Waals surface area contributed by atoms with Crippen molar-refractivity contribution in [2.24, 2.45) is 5.92 Å². The van der Waals surface area contributed by atoms with Gasteiger partial charge in [0, 0.05) is 11.3 Å². The van der Waals surface area contributed by atoms with Crippen LogP contribution in [0.25, 0.3) is 0 Å². The highest BCUT2D eigenvalue weighted by molar-refractivity contribution is 5.47. The van der Waals surface area contributed by atoms with Crippen molar-refractivity contribution < 1.29 is 4.39 Å². The highest BCUT2D eigenvalue weighted by atomic mass is 19.1. The van der Waals surface area contributed by atoms with Crippen molar-refractivity contribution in [3.05, 3.63) is 29.8 Å². The minimum Gasteiger partial charge on any atom is -0.398 e. The van der Waals surface area contributed by atoms with E-state index < -0.39 is 6.17 Å². The molecule has 76 valence electrons. The molecule has 1 nitrogen and oxygen atoms in total. The Morgan fingerprint density at radius 1 is 1.21 bits per heavy atom. The maximum absolute atomic E-state index is 14.0. The summed E-state index contributed by atoms with van der Waals surface area (Å²) in [4.78, 5) is 0. The molecule has 1 saturated carbocycles. The van der Waals surface area contributed by atoms with Gasteiger partial charge in [0.05, 0.1) is 0 Å². The van der Waals surface area contributed by atoms with Crippen molar-refractivity contribution >= 4 is 5.69 Å². The molecule has 2 rings (SSSR count). The molecular formula is C12H16FN. The Hall–Kier alpha value is -1.05. The fourth-order valence-electron chi connectivity index (χ4n) is 2.27. The molecule has 14 heavy (non-hydrogen) atoms. The second-order valence-corrected chi connectivity index (χ2v) is 4.08. The smallest absolute Gasteiger partial charge is 0.130 e. The van der Waals surface area contributed by atoms with Gasteiger partial charge < -0.3 is 5.73 Å². The summed E-state index contributed by atoms with van der Waals surface area (Å²) in [7, 11) is 0. The van der Waals surface area contributed by atoms with Crippen LogP contribution < -0.4 is 5.73 Å². The van der Waals surface area contributed by atoms with Crippen LogP contribution in [0.2, 0.25) is 0 Å². The third-order valence-electron chi connectivity index (χ3n) is 3.11. The molecule has 1 aliphatic carbocycles. The zero-order valence-electron chi connectivity index (χ0n) is 8.25. The number of halogens is 1. The number of para-hydroxylation sites is 1. The Labute approximate surface area is 84.1 Å². The van der Waals surface area contributed by atoms with E-state index in [9.17, 15) is 4.39 Å². The zero-order valence-corrected chi connectivity index (χ0v) is 8.25. The Morgan fingerprint density at radius 2 is 1.86 bits per heavy atom. The number of nitrogen functional groups attached to an aromatic ring is 1. The second-order valence-electron chi connectivity index (χ2n) is 4.08. The van der Waals surface area contributed by atoms with Crippen molar-refractivity contribution in [1.82, 2.24) is 0 Å². The summed E-state index contributed by atoms with van der Waals surface area (Å²) in [6.07, 6.45) is 3.49. The molecule has 1 atom stereocenters. The topological polar surface area (TPSA) is 26.0 Å². The summed E-state index contributed by atoms with van der Waals surface area (Å²) >= 11 is 0. The summed E-state index contributed by atoms with van der Waals surface area (Å²) in [6.45, 7) is 0. The minimum absolute atomic E-state index is 0.194. The van der Waals surface area contributed by atoms with Crippen LogP contribution in [-0.4, -0.2) is 0 Å². The zero-order chi connectivity index (χ0) is 9.97. The summed E-state index contributed by atoms with van der Waals surface area (Å²) in [5, 5.41) is 0. The molecule has 1 unspecified atom stereocenters. The maximum Gasteiger partial charge on any atom is 0.130 e. The van der Waals surface area contributed by atoms with E-state index in [-0.39, 0.29) is 5.92 Å². The molecule has 0 spiro atoms. The molecule has 1 aromatic carbocycles. The van der Waals surface area contributed by atoms with Crippen LogP contribution in [0.1, 0.15) is 37.4 Å². The van der Waals surface area contributed by atoms with Crippen LogP contribution in [0, 0.1) is 5.92 Å². The molecule has 0 radical (unpaired) electrons. The Balaban J connectivity index is 2.17. The molecule has 0 amide bonds. The molecular weight excluding hydrogens is 177 g/mol. The van der Waals surface area contributed by atoms with Gasteiger partial charge in [-0.2, -0.15) is 0 Å². The van der Waals surface area contributed by atoms with E-state index in [4.69, 9.17) is 5.73 Å². The standard InChI is InChI=1S/C12H16FN/c13-12(9-5-1-2-6-9)10-7-3-4-8-11(10)14/h3-4,7-9,12H,1-2,5-6,14H2. The average molecular weight is 193 g/mol. The van der Waals surface area contributed by atoms with Crippen molar-refractivity contribution in [3.63, 3.8) is 0 Å². The molecule has 1 aromatic rings. The number of nitrogens with two attached hydrogens (primary N) is 1. The van der Waals surface area contributed by atoms with Crippen LogP contribution in [0.4, 0.5) is 10.1 Å². The number of benzene rings is 1. The lowest BCUT2D eigenvalue weighted by Gasteiger charge is -2.16. The van der Waals surface area contributed by atoms with Gasteiger partial charge in [-0.05, 0) is 24.8 Å². The molecule has 0 aromatic heterocycles. The van der Waals surface area contributed by atoms with E-state index in [2.05, 4.69) is 0 Å². The van der Waals surface area contributed by atoms with Crippen molar-refractivity contribution in [2.45, 2.75) is 31.9 Å². The third-order valence-corrected chi connectivity index (χ3v) is 3.11. The number of anilines is 1. The van der Waals surface area contributed by atoms with E-state index in [0.29, 0.717) is 11.3 Å². The number of alkyl halides is 1. The predicted molar refractivity (Wildman–Crippen MR) is 56.7 cm³/mol. The molecule has 0 saturated heterocycles. The monoisotopic (exact) mass is 193 g/mol. The fraction of sp³-hybridized carbons (Fsp3) is 0.500. The van der Waals surface area contributed by atoms with Gasteiger partial charge in [-0.15, -0.1) is 0 Å². The second kappa shape index (κ2) is 3.99. The van der Waals surface area contributed by atoms with Gasteiger partial charge in [-0.1, -0.05) is 31.0 Å². The van der Waals surface area contributed by atoms with E-state index >= 15 is 0 Å². The average Bonchev–Trinajstić information content (AvgIpc) is 2.70. The first kappa shape index (κ1) is 9.50. The molecule has 1 aliphatic rings. The van der Waals surface area contributed by atoms with E-state index in [1.165, 1.54) is 0 Å². The van der Waals surface area contributed by atoms with E-state index in [1.807, 2.05) is 12.1 Å². The van der Waals surface area contributed by atoms with Crippen molar-refractivity contribution in [1.29, 1.82) is 0 Å². The summed E-state index contributed by atoms with van der Waals surface area (Å²) in [5.74, 6) is 0.194. The number of rotatable bonds is 2. The van der Waals surface area contributed by atoms with Gasteiger partial charge in [-0.25, -0.2) is 4.39 Å². The van der Waals surface area contributed by atoms with Crippen molar-refractivity contribution in [3.8, 4) is 0 Å². The van der Waals surface area contributed by atoms with Crippen LogP contribution in [0.15, 0.2) is 24.3 Å². The molecule has 2 heteroatoms. The SMILES string of the molecule is Nc1ccccc1C(F)C1CCCC1. The molecule has 1 fully saturated rings. The Bertz CT molecular complexity index is 305. The normalized spacial score (nSPS) is 19.8.